The van der Waals surface area contributed by atoms with E-state index in [0.717, 1.165) is 45.4 Å². The lowest BCUT2D eigenvalue weighted by atomic mass is 9.62. The van der Waals surface area contributed by atoms with Gasteiger partial charge in [0, 0.05) is 26.2 Å². The third-order valence-electron chi connectivity index (χ3n) is 4.42. The van der Waals surface area contributed by atoms with Crippen molar-refractivity contribution < 1.29 is 9.53 Å². The van der Waals surface area contributed by atoms with E-state index in [1.165, 1.54) is 0 Å². The number of nitrogens with two attached hydrogens (primary N) is 1. The highest BCUT2D eigenvalue weighted by Crippen LogP contribution is 2.46. The molecule has 0 aromatic rings. The number of carbonyl (C=O) groups excluding carboxylic acids is 1. The maximum Gasteiger partial charge on any atom is 0.230 e. The van der Waals surface area contributed by atoms with Gasteiger partial charge in [0.1, 0.15) is 0 Å². The second-order valence-corrected chi connectivity index (χ2v) is 6.00. The molecule has 1 aliphatic carbocycles. The molecular weight excluding hydrogens is 228 g/mol. The summed E-state index contributed by atoms with van der Waals surface area (Å²) in [5.41, 5.74) is 5.60. The van der Waals surface area contributed by atoms with Gasteiger partial charge in [-0.1, -0.05) is 13.8 Å². The average molecular weight is 254 g/mol. The lowest BCUT2D eigenvalue weighted by Gasteiger charge is -2.46. The van der Waals surface area contributed by atoms with Crippen LogP contribution in [0, 0.1) is 11.3 Å². The molecule has 1 aliphatic heterocycles. The summed E-state index contributed by atoms with van der Waals surface area (Å²) >= 11 is 0. The molecule has 4 heteroatoms. The molecule has 1 amide bonds. The van der Waals surface area contributed by atoms with Crippen LogP contribution in [0.3, 0.4) is 0 Å². The molecule has 104 valence electrons. The molecule has 18 heavy (non-hydrogen) atoms. The molecule has 1 atom stereocenters. The Morgan fingerprint density at radius 2 is 2.22 bits per heavy atom. The molecule has 0 spiro atoms. The first-order valence-electron chi connectivity index (χ1n) is 7.22. The van der Waals surface area contributed by atoms with Gasteiger partial charge in [0.05, 0.1) is 11.5 Å². The van der Waals surface area contributed by atoms with E-state index in [1.54, 1.807) is 0 Å². The summed E-state index contributed by atoms with van der Waals surface area (Å²) in [6.45, 7) is 7.14. The smallest absolute Gasteiger partial charge is 0.230 e. The van der Waals surface area contributed by atoms with Crippen LogP contribution >= 0.6 is 0 Å². The average Bonchev–Trinajstić information content (AvgIpc) is 2.59. The van der Waals surface area contributed by atoms with Crippen molar-refractivity contribution in [2.24, 2.45) is 17.1 Å². The zero-order valence-corrected chi connectivity index (χ0v) is 11.7. The number of ether oxygens (including phenoxy) is 1. The summed E-state index contributed by atoms with van der Waals surface area (Å²) < 4.78 is 5.73. The minimum Gasteiger partial charge on any atom is -0.376 e. The molecule has 0 bridgehead atoms. The maximum atomic E-state index is 12.7. The molecule has 0 aromatic carbocycles. The molecule has 1 heterocycles. The Labute approximate surface area is 110 Å². The molecule has 2 rings (SSSR count). The van der Waals surface area contributed by atoms with E-state index in [1.807, 2.05) is 4.90 Å². The first kappa shape index (κ1) is 13.8. The van der Waals surface area contributed by atoms with Crippen LogP contribution in [-0.4, -0.2) is 43.2 Å². The van der Waals surface area contributed by atoms with Crippen LogP contribution in [0.1, 0.15) is 39.5 Å². The van der Waals surface area contributed by atoms with E-state index in [4.69, 9.17) is 10.5 Å². The van der Waals surface area contributed by atoms with Crippen molar-refractivity contribution in [1.29, 1.82) is 0 Å². The highest BCUT2D eigenvalue weighted by Gasteiger charge is 2.49. The number of amides is 1. The second-order valence-electron chi connectivity index (χ2n) is 6.00. The van der Waals surface area contributed by atoms with Crippen LogP contribution in [0.2, 0.25) is 0 Å². The number of rotatable bonds is 3. The largest absolute Gasteiger partial charge is 0.376 e. The Morgan fingerprint density at radius 3 is 2.78 bits per heavy atom. The minimum absolute atomic E-state index is 0.198. The van der Waals surface area contributed by atoms with Gasteiger partial charge < -0.3 is 15.4 Å². The predicted octanol–water partition coefficient (Wildman–Crippen LogP) is 1.39. The van der Waals surface area contributed by atoms with Crippen molar-refractivity contribution in [3.05, 3.63) is 0 Å². The molecule has 2 aliphatic rings. The lowest BCUT2D eigenvalue weighted by molar-refractivity contribution is -0.150. The minimum atomic E-state index is -0.262. The van der Waals surface area contributed by atoms with Gasteiger partial charge in [0.2, 0.25) is 5.91 Å². The second kappa shape index (κ2) is 5.57. The fourth-order valence-electron chi connectivity index (χ4n) is 3.36. The quantitative estimate of drug-likeness (QED) is 0.828. The fourth-order valence-corrected chi connectivity index (χ4v) is 3.36. The van der Waals surface area contributed by atoms with E-state index >= 15 is 0 Å². The Balaban J connectivity index is 2.02. The van der Waals surface area contributed by atoms with Crippen LogP contribution in [0.25, 0.3) is 0 Å². The van der Waals surface area contributed by atoms with Crippen LogP contribution in [0.4, 0.5) is 0 Å². The molecule has 1 saturated heterocycles. The summed E-state index contributed by atoms with van der Waals surface area (Å²) in [5, 5.41) is 0. The third-order valence-corrected chi connectivity index (χ3v) is 4.42. The van der Waals surface area contributed by atoms with Gasteiger partial charge in [0.15, 0.2) is 0 Å². The Hall–Kier alpha value is -0.610. The number of nitrogens with zero attached hydrogens (tertiary/aromatic N) is 1. The molecule has 4 nitrogen and oxygen atoms in total. The van der Waals surface area contributed by atoms with Gasteiger partial charge in [-0.05, 0) is 31.6 Å². The van der Waals surface area contributed by atoms with Gasteiger partial charge in [-0.2, -0.15) is 0 Å². The zero-order valence-electron chi connectivity index (χ0n) is 11.7. The monoisotopic (exact) mass is 254 g/mol. The summed E-state index contributed by atoms with van der Waals surface area (Å²) in [6.07, 6.45) is 4.02. The Bertz CT molecular complexity index is 300. The zero-order chi connectivity index (χ0) is 13.2. The highest BCUT2D eigenvalue weighted by molar-refractivity contribution is 5.84. The van der Waals surface area contributed by atoms with Crippen LogP contribution in [-0.2, 0) is 9.53 Å². The van der Waals surface area contributed by atoms with Gasteiger partial charge in [-0.25, -0.2) is 0 Å². The SMILES string of the molecule is CCC1CN(C(=O)C2(CN)CC(C)C2)CCCO1. The summed E-state index contributed by atoms with van der Waals surface area (Å²) in [7, 11) is 0. The van der Waals surface area contributed by atoms with E-state index < -0.39 is 0 Å². The molecule has 1 unspecified atom stereocenters. The van der Waals surface area contributed by atoms with Crippen molar-refractivity contribution in [3.8, 4) is 0 Å². The van der Waals surface area contributed by atoms with E-state index in [-0.39, 0.29) is 17.4 Å². The number of hydrogen-bond acceptors (Lipinski definition) is 3. The first-order valence-corrected chi connectivity index (χ1v) is 7.22. The summed E-state index contributed by atoms with van der Waals surface area (Å²) in [4.78, 5) is 14.7. The first-order chi connectivity index (χ1) is 8.61. The van der Waals surface area contributed by atoms with Gasteiger partial charge in [-0.3, -0.25) is 4.79 Å². The van der Waals surface area contributed by atoms with Gasteiger partial charge >= 0.3 is 0 Å². The van der Waals surface area contributed by atoms with Gasteiger partial charge in [0.25, 0.3) is 0 Å². The highest BCUT2D eigenvalue weighted by atomic mass is 16.5. The van der Waals surface area contributed by atoms with E-state index in [2.05, 4.69) is 13.8 Å². The van der Waals surface area contributed by atoms with Crippen molar-refractivity contribution in [3.63, 3.8) is 0 Å². The maximum absolute atomic E-state index is 12.7. The summed E-state index contributed by atoms with van der Waals surface area (Å²) in [6, 6.07) is 0. The number of hydrogen-bond donors (Lipinski definition) is 1. The summed E-state index contributed by atoms with van der Waals surface area (Å²) in [5.74, 6) is 0.912. The Morgan fingerprint density at radius 1 is 1.50 bits per heavy atom. The van der Waals surface area contributed by atoms with Crippen LogP contribution < -0.4 is 5.73 Å². The Kier molecular flexibility index (Phi) is 4.28. The van der Waals surface area contributed by atoms with Crippen molar-refractivity contribution in [1.82, 2.24) is 4.90 Å². The van der Waals surface area contributed by atoms with Crippen molar-refractivity contribution in [2.45, 2.75) is 45.6 Å². The molecule has 0 radical (unpaired) electrons. The van der Waals surface area contributed by atoms with Crippen molar-refractivity contribution >= 4 is 5.91 Å². The normalized spacial score (nSPS) is 36.9. The van der Waals surface area contributed by atoms with Crippen LogP contribution in [0.15, 0.2) is 0 Å². The van der Waals surface area contributed by atoms with E-state index in [0.29, 0.717) is 12.5 Å². The topological polar surface area (TPSA) is 55.6 Å². The molecular formula is C14H26N2O2. The van der Waals surface area contributed by atoms with E-state index in [9.17, 15) is 4.79 Å². The molecule has 2 N–H and O–H groups in total. The fraction of sp³-hybridized carbons (Fsp3) is 0.929. The standard InChI is InChI=1S/C14H26N2O2/c1-3-12-9-16(5-4-6-18-12)13(17)14(10-15)7-11(2)8-14/h11-12H,3-10,15H2,1-2H3. The van der Waals surface area contributed by atoms with Crippen molar-refractivity contribution in [2.75, 3.05) is 26.2 Å². The molecule has 0 aromatic heterocycles. The number of carbonyl (C=O) groups is 1. The predicted molar refractivity (Wildman–Crippen MR) is 71.1 cm³/mol. The van der Waals surface area contributed by atoms with Crippen LogP contribution in [0.5, 0.6) is 0 Å². The van der Waals surface area contributed by atoms with Gasteiger partial charge in [-0.15, -0.1) is 0 Å². The molecule has 2 fully saturated rings. The third kappa shape index (κ3) is 2.54. The lowest BCUT2D eigenvalue weighted by Crippen LogP contribution is -2.55. The molecule has 1 saturated carbocycles.